The van der Waals surface area contributed by atoms with Crippen molar-refractivity contribution in [2.75, 3.05) is 0 Å². The zero-order valence-electron chi connectivity index (χ0n) is 5.54. The predicted molar refractivity (Wildman–Crippen MR) is 45.6 cm³/mol. The van der Waals surface area contributed by atoms with Crippen molar-refractivity contribution in [3.63, 3.8) is 0 Å². The van der Waals surface area contributed by atoms with Gasteiger partial charge >= 0.3 is 65.8 Å². The molecule has 0 spiro atoms. The van der Waals surface area contributed by atoms with Crippen molar-refractivity contribution in [1.82, 2.24) is 0 Å². The van der Waals surface area contributed by atoms with Gasteiger partial charge in [-0.2, -0.15) is 0 Å². The van der Waals surface area contributed by atoms with Gasteiger partial charge in [-0.05, 0) is 0 Å². The predicted octanol–water partition coefficient (Wildman–Crippen LogP) is 2.83. The number of rotatable bonds is 2. The molecule has 0 atom stereocenters. The molecule has 4 heteroatoms. The van der Waals surface area contributed by atoms with E-state index in [0.29, 0.717) is 0 Å². The van der Waals surface area contributed by atoms with Gasteiger partial charge in [0.15, 0.2) is 0 Å². The first-order chi connectivity index (χ1) is 3.42. The summed E-state index contributed by atoms with van der Waals surface area (Å²) in [4.78, 5) is 0. The Kier molecular flexibility index (Phi) is 4.20. The van der Waals surface area contributed by atoms with E-state index in [1.54, 1.807) is 0 Å². The van der Waals surface area contributed by atoms with Crippen LogP contribution in [0.1, 0.15) is 0 Å². The topological polar surface area (TPSA) is 0 Å². The molecule has 0 unspecified atom stereocenters. The van der Waals surface area contributed by atoms with Gasteiger partial charge in [-0.1, -0.05) is 0 Å². The Morgan fingerprint density at radius 1 is 1.25 bits per heavy atom. The standard InChI is InChI=1S/C4H11Si.2ClH.Ga/c1-5(2,3)4;;;/h1H2,2-4H3;2*1H;/q;;;+2/p-2. The van der Waals surface area contributed by atoms with Crippen LogP contribution in [0, 0.1) is 0 Å². The molecule has 0 amide bonds. The summed E-state index contributed by atoms with van der Waals surface area (Å²) >= 11 is -1.69. The molecular formula is C4H11Cl2GaSi. The van der Waals surface area contributed by atoms with Gasteiger partial charge in [-0.3, -0.25) is 0 Å². The van der Waals surface area contributed by atoms with Crippen molar-refractivity contribution in [3.05, 3.63) is 0 Å². The third-order valence-electron chi connectivity index (χ3n) is 0.767. The van der Waals surface area contributed by atoms with E-state index in [1.807, 2.05) is 0 Å². The van der Waals surface area contributed by atoms with Gasteiger partial charge in [-0.25, -0.2) is 0 Å². The molecule has 0 rings (SSSR count). The summed E-state index contributed by atoms with van der Waals surface area (Å²) in [5.41, 5.74) is 0. The zero-order valence-corrected chi connectivity index (χ0v) is 10.5. The third kappa shape index (κ3) is 7.43. The first kappa shape index (κ1) is 9.43. The summed E-state index contributed by atoms with van der Waals surface area (Å²) in [6.07, 6.45) is 0. The van der Waals surface area contributed by atoms with Gasteiger partial charge in [0.05, 0.1) is 0 Å². The van der Waals surface area contributed by atoms with Crippen LogP contribution in [0.15, 0.2) is 0 Å². The maximum atomic E-state index is 5.75. The van der Waals surface area contributed by atoms with Crippen LogP contribution in [0.3, 0.4) is 0 Å². The fraction of sp³-hybridized carbons (Fsp3) is 1.00. The molecule has 0 bridgehead atoms. The molecular weight excluding hydrogens is 217 g/mol. The first-order valence-corrected chi connectivity index (χ1v) is 14.5. The molecule has 0 N–H and O–H groups in total. The van der Waals surface area contributed by atoms with Crippen LogP contribution < -0.4 is 0 Å². The zero-order chi connectivity index (χ0) is 6.78. The van der Waals surface area contributed by atoms with Gasteiger partial charge in [-0.15, -0.1) is 0 Å². The molecule has 0 aromatic heterocycles. The van der Waals surface area contributed by atoms with Gasteiger partial charge in [0.25, 0.3) is 0 Å². The van der Waals surface area contributed by atoms with Crippen LogP contribution in [0.4, 0.5) is 0 Å². The molecule has 0 fully saturated rings. The molecule has 0 aliphatic rings. The molecule has 0 aliphatic heterocycles. The van der Waals surface area contributed by atoms with Crippen LogP contribution >= 0.6 is 19.3 Å². The SMILES string of the molecule is C[Si](C)(C)[CH2][Ga]([Cl])[Cl]. The van der Waals surface area contributed by atoms with Crippen molar-refractivity contribution in [2.24, 2.45) is 0 Å². The van der Waals surface area contributed by atoms with Crippen molar-refractivity contribution in [2.45, 2.75) is 24.2 Å². The fourth-order valence-corrected chi connectivity index (χ4v) is 21.6. The van der Waals surface area contributed by atoms with E-state index < -0.39 is 22.3 Å². The Bertz CT molecular complexity index is 68.9. The Morgan fingerprint density at radius 3 is 1.62 bits per heavy atom. The summed E-state index contributed by atoms with van der Waals surface area (Å²) in [5.74, 6) is 0. The van der Waals surface area contributed by atoms with Crippen LogP contribution in [-0.2, 0) is 0 Å². The van der Waals surface area contributed by atoms with E-state index in [1.165, 1.54) is 4.60 Å². The van der Waals surface area contributed by atoms with E-state index in [9.17, 15) is 0 Å². The molecule has 0 radical (unpaired) electrons. The van der Waals surface area contributed by atoms with E-state index in [2.05, 4.69) is 19.6 Å². The summed E-state index contributed by atoms with van der Waals surface area (Å²) in [6, 6.07) is 0. The quantitative estimate of drug-likeness (QED) is 0.637. The summed E-state index contributed by atoms with van der Waals surface area (Å²) in [7, 11) is 10.6. The Hall–Kier alpha value is 1.43. The maximum absolute atomic E-state index is 5.75. The normalized spacial score (nSPS) is 11.6. The average molecular weight is 228 g/mol. The fourth-order valence-electron chi connectivity index (χ4n) is 0.463. The Labute approximate surface area is 65.6 Å². The third-order valence-corrected chi connectivity index (χ3v) is 16.8. The van der Waals surface area contributed by atoms with Crippen LogP contribution in [0.2, 0.25) is 24.2 Å². The van der Waals surface area contributed by atoms with Crippen molar-refractivity contribution in [3.8, 4) is 0 Å². The van der Waals surface area contributed by atoms with E-state index in [-0.39, 0.29) is 0 Å². The van der Waals surface area contributed by atoms with Gasteiger partial charge in [0.2, 0.25) is 0 Å². The summed E-state index contributed by atoms with van der Waals surface area (Å²) in [6.45, 7) is 6.90. The first-order valence-electron chi connectivity index (χ1n) is 2.70. The number of hydrogen-bond acceptors (Lipinski definition) is 0. The molecule has 48 valence electrons. The molecule has 0 saturated carbocycles. The second kappa shape index (κ2) is 3.56. The van der Waals surface area contributed by atoms with E-state index in [4.69, 9.17) is 19.3 Å². The van der Waals surface area contributed by atoms with Crippen molar-refractivity contribution in [1.29, 1.82) is 0 Å². The second-order valence-corrected chi connectivity index (χ2v) is 19.5. The Balaban J connectivity index is 3.39. The number of halogens is 2. The van der Waals surface area contributed by atoms with Gasteiger partial charge in [0.1, 0.15) is 0 Å². The van der Waals surface area contributed by atoms with Crippen LogP contribution in [0.5, 0.6) is 0 Å². The van der Waals surface area contributed by atoms with Crippen molar-refractivity contribution >= 4 is 41.6 Å². The molecule has 0 aromatic carbocycles. The monoisotopic (exact) mass is 226 g/mol. The van der Waals surface area contributed by atoms with Crippen molar-refractivity contribution < 1.29 is 0 Å². The molecule has 0 heterocycles. The average Bonchev–Trinajstić information content (AvgIpc) is 1.21. The van der Waals surface area contributed by atoms with E-state index >= 15 is 0 Å². The van der Waals surface area contributed by atoms with Crippen LogP contribution in [0.25, 0.3) is 0 Å². The van der Waals surface area contributed by atoms with Gasteiger partial charge in [0, 0.05) is 0 Å². The summed E-state index contributed by atoms with van der Waals surface area (Å²) < 4.78 is 1.18. The molecule has 0 aliphatic carbocycles. The molecule has 8 heavy (non-hydrogen) atoms. The molecule has 0 aromatic rings. The van der Waals surface area contributed by atoms with Crippen LogP contribution in [-0.4, -0.2) is 22.3 Å². The second-order valence-electron chi connectivity index (χ2n) is 3.16. The molecule has 0 saturated heterocycles. The minimum atomic E-state index is -1.69. The van der Waals surface area contributed by atoms with Gasteiger partial charge < -0.3 is 0 Å². The van der Waals surface area contributed by atoms with E-state index in [0.717, 1.165) is 0 Å². The minimum absolute atomic E-state index is 0.901. The molecule has 0 nitrogen and oxygen atoms in total. The summed E-state index contributed by atoms with van der Waals surface area (Å²) in [5, 5.41) is 0. The number of hydrogen-bond donors (Lipinski definition) is 0. The Morgan fingerprint density at radius 2 is 1.62 bits per heavy atom.